The molecule has 0 saturated heterocycles. The third-order valence-electron chi connectivity index (χ3n) is 2.65. The highest BCUT2D eigenvalue weighted by Gasteiger charge is 2.09. The van der Waals surface area contributed by atoms with Crippen LogP contribution >= 0.6 is 0 Å². The highest BCUT2D eigenvalue weighted by molar-refractivity contribution is 5.24. The van der Waals surface area contributed by atoms with Gasteiger partial charge in [-0.15, -0.1) is 0 Å². The predicted octanol–water partition coefficient (Wildman–Crippen LogP) is 3.07. The molecule has 0 aliphatic carbocycles. The lowest BCUT2D eigenvalue weighted by molar-refractivity contribution is 0.0719. The second-order valence-corrected chi connectivity index (χ2v) is 4.46. The molecule has 1 aromatic carbocycles. The van der Waals surface area contributed by atoms with Gasteiger partial charge in [0.15, 0.2) is 0 Å². The van der Waals surface area contributed by atoms with Crippen molar-refractivity contribution < 1.29 is 4.74 Å². The Morgan fingerprint density at radius 1 is 1.31 bits per heavy atom. The fraction of sp³-hybridized carbons (Fsp3) is 0.571. The van der Waals surface area contributed by atoms with Gasteiger partial charge in [0.2, 0.25) is 0 Å². The normalized spacial score (nSPS) is 13.1. The van der Waals surface area contributed by atoms with Crippen molar-refractivity contribution in [3.05, 3.63) is 35.4 Å². The molecule has 0 spiro atoms. The number of aryl methyl sites for hydroxylation is 1. The van der Waals surface area contributed by atoms with Crippen LogP contribution in [0.1, 0.15) is 37.4 Å². The lowest BCUT2D eigenvalue weighted by Crippen LogP contribution is -2.19. The maximum atomic E-state index is 5.59. The van der Waals surface area contributed by atoms with E-state index in [0.717, 1.165) is 13.0 Å². The first kappa shape index (κ1) is 13.2. The van der Waals surface area contributed by atoms with E-state index in [-0.39, 0.29) is 0 Å². The van der Waals surface area contributed by atoms with Crippen LogP contribution in [0.4, 0.5) is 0 Å². The summed E-state index contributed by atoms with van der Waals surface area (Å²) in [6, 6.07) is 9.03. The monoisotopic (exact) mass is 221 g/mol. The van der Waals surface area contributed by atoms with Crippen molar-refractivity contribution in [2.75, 3.05) is 13.7 Å². The van der Waals surface area contributed by atoms with E-state index in [1.165, 1.54) is 11.1 Å². The summed E-state index contributed by atoms with van der Waals surface area (Å²) in [4.78, 5) is 0. The molecule has 1 aromatic rings. The van der Waals surface area contributed by atoms with E-state index in [4.69, 9.17) is 4.74 Å². The number of hydrogen-bond acceptors (Lipinski definition) is 2. The maximum Gasteiger partial charge on any atom is 0.0518 e. The molecule has 90 valence electrons. The Bertz CT molecular complexity index is 309. The summed E-state index contributed by atoms with van der Waals surface area (Å²) in [5, 5.41) is 3.34. The Kier molecular flexibility index (Phi) is 5.50. The summed E-state index contributed by atoms with van der Waals surface area (Å²) in [6.45, 7) is 7.07. The van der Waals surface area contributed by atoms with E-state index in [1.54, 1.807) is 0 Å². The Hall–Kier alpha value is -0.860. The lowest BCUT2D eigenvalue weighted by atomic mass is 10.0. The van der Waals surface area contributed by atoms with E-state index < -0.39 is 0 Å². The molecule has 1 rings (SSSR count). The van der Waals surface area contributed by atoms with Crippen molar-refractivity contribution in [1.29, 1.82) is 0 Å². The fourth-order valence-electron chi connectivity index (χ4n) is 1.79. The van der Waals surface area contributed by atoms with Crippen molar-refractivity contribution in [2.45, 2.75) is 39.3 Å². The van der Waals surface area contributed by atoms with Gasteiger partial charge in [-0.3, -0.25) is 0 Å². The summed E-state index contributed by atoms with van der Waals surface area (Å²) < 4.78 is 5.59. The Labute approximate surface area is 99.0 Å². The van der Waals surface area contributed by atoms with Gasteiger partial charge in [-0.05, 0) is 39.8 Å². The van der Waals surface area contributed by atoms with Gasteiger partial charge in [-0.2, -0.15) is 0 Å². The van der Waals surface area contributed by atoms with Crippen LogP contribution in [-0.2, 0) is 4.74 Å². The molecule has 0 aliphatic rings. The van der Waals surface area contributed by atoms with Gasteiger partial charge >= 0.3 is 0 Å². The summed E-state index contributed by atoms with van der Waals surface area (Å²) in [5.74, 6) is 0. The number of benzene rings is 1. The zero-order chi connectivity index (χ0) is 12.0. The van der Waals surface area contributed by atoms with Gasteiger partial charge in [-0.25, -0.2) is 0 Å². The minimum Gasteiger partial charge on any atom is -0.379 e. The first-order chi connectivity index (χ1) is 7.63. The van der Waals surface area contributed by atoms with E-state index >= 15 is 0 Å². The zero-order valence-corrected chi connectivity index (χ0v) is 10.8. The van der Waals surface area contributed by atoms with Crippen molar-refractivity contribution >= 4 is 0 Å². The van der Waals surface area contributed by atoms with Gasteiger partial charge in [0.1, 0.15) is 0 Å². The molecule has 16 heavy (non-hydrogen) atoms. The van der Waals surface area contributed by atoms with Crippen LogP contribution in [-0.4, -0.2) is 19.8 Å². The summed E-state index contributed by atoms with van der Waals surface area (Å²) in [5.41, 5.74) is 2.65. The molecule has 0 heterocycles. The van der Waals surface area contributed by atoms with Crippen molar-refractivity contribution in [1.82, 2.24) is 5.32 Å². The molecule has 2 heteroatoms. The van der Waals surface area contributed by atoms with Gasteiger partial charge in [-0.1, -0.05) is 29.8 Å². The third-order valence-corrected chi connectivity index (χ3v) is 2.65. The average Bonchev–Trinajstić information content (AvgIpc) is 2.24. The van der Waals surface area contributed by atoms with Gasteiger partial charge in [0.05, 0.1) is 6.10 Å². The molecule has 0 bridgehead atoms. The Balaban J connectivity index is 2.53. The molecule has 0 amide bonds. The van der Waals surface area contributed by atoms with Crippen LogP contribution < -0.4 is 5.32 Å². The smallest absolute Gasteiger partial charge is 0.0518 e. The van der Waals surface area contributed by atoms with Gasteiger partial charge in [0, 0.05) is 12.6 Å². The number of rotatable bonds is 6. The second-order valence-electron chi connectivity index (χ2n) is 4.46. The molecule has 0 radical (unpaired) electrons. The highest BCUT2D eigenvalue weighted by atomic mass is 16.5. The standard InChI is InChI=1S/C14H23NO/c1-11(2)16-9-8-14(15-4)13-7-5-6-12(3)10-13/h5-7,10-11,14-15H,8-9H2,1-4H3. The Morgan fingerprint density at radius 3 is 2.62 bits per heavy atom. The van der Waals surface area contributed by atoms with E-state index in [1.807, 2.05) is 7.05 Å². The van der Waals surface area contributed by atoms with Crippen LogP contribution in [0.5, 0.6) is 0 Å². The maximum absolute atomic E-state index is 5.59. The fourth-order valence-corrected chi connectivity index (χ4v) is 1.79. The molecule has 1 unspecified atom stereocenters. The van der Waals surface area contributed by atoms with Crippen LogP contribution in [0.25, 0.3) is 0 Å². The second kappa shape index (κ2) is 6.66. The van der Waals surface area contributed by atoms with Gasteiger partial charge in [0.25, 0.3) is 0 Å². The third kappa shape index (κ3) is 4.33. The molecular weight excluding hydrogens is 198 g/mol. The molecular formula is C14H23NO. The number of nitrogens with one attached hydrogen (secondary N) is 1. The average molecular weight is 221 g/mol. The lowest BCUT2D eigenvalue weighted by Gasteiger charge is -2.18. The molecule has 0 saturated carbocycles. The minimum absolute atomic E-state index is 0.315. The van der Waals surface area contributed by atoms with Crippen LogP contribution in [0.3, 0.4) is 0 Å². The molecule has 1 N–H and O–H groups in total. The van der Waals surface area contributed by atoms with Gasteiger partial charge < -0.3 is 10.1 Å². The first-order valence-corrected chi connectivity index (χ1v) is 5.99. The van der Waals surface area contributed by atoms with Crippen molar-refractivity contribution in [2.24, 2.45) is 0 Å². The Morgan fingerprint density at radius 2 is 2.06 bits per heavy atom. The molecule has 0 fully saturated rings. The van der Waals surface area contributed by atoms with E-state index in [0.29, 0.717) is 12.1 Å². The number of ether oxygens (including phenoxy) is 1. The predicted molar refractivity (Wildman–Crippen MR) is 68.7 cm³/mol. The SMILES string of the molecule is CNC(CCOC(C)C)c1cccc(C)c1. The number of hydrogen-bond donors (Lipinski definition) is 1. The molecule has 2 nitrogen and oxygen atoms in total. The van der Waals surface area contributed by atoms with Crippen molar-refractivity contribution in [3.8, 4) is 0 Å². The first-order valence-electron chi connectivity index (χ1n) is 5.99. The minimum atomic E-state index is 0.315. The van der Waals surface area contributed by atoms with E-state index in [2.05, 4.69) is 50.4 Å². The van der Waals surface area contributed by atoms with Crippen LogP contribution in [0, 0.1) is 6.92 Å². The molecule has 1 atom stereocenters. The largest absolute Gasteiger partial charge is 0.379 e. The zero-order valence-electron chi connectivity index (χ0n) is 10.8. The van der Waals surface area contributed by atoms with Crippen LogP contribution in [0.15, 0.2) is 24.3 Å². The quantitative estimate of drug-likeness (QED) is 0.797. The summed E-state index contributed by atoms with van der Waals surface area (Å²) in [7, 11) is 2.00. The van der Waals surface area contributed by atoms with Crippen LogP contribution in [0.2, 0.25) is 0 Å². The summed E-state index contributed by atoms with van der Waals surface area (Å²) >= 11 is 0. The van der Waals surface area contributed by atoms with E-state index in [9.17, 15) is 0 Å². The highest BCUT2D eigenvalue weighted by Crippen LogP contribution is 2.17. The van der Waals surface area contributed by atoms with Crippen molar-refractivity contribution in [3.63, 3.8) is 0 Å². The topological polar surface area (TPSA) is 21.3 Å². The molecule has 0 aliphatic heterocycles. The molecule has 0 aromatic heterocycles. The summed E-state index contributed by atoms with van der Waals surface area (Å²) in [6.07, 6.45) is 1.33.